The molecule has 0 radical (unpaired) electrons. The van der Waals surface area contributed by atoms with Crippen molar-refractivity contribution in [2.45, 2.75) is 12.6 Å². The van der Waals surface area contributed by atoms with E-state index in [0.717, 1.165) is 11.1 Å². The fourth-order valence-electron chi connectivity index (χ4n) is 2.65. The summed E-state index contributed by atoms with van der Waals surface area (Å²) in [6, 6.07) is 14.9. The smallest absolute Gasteiger partial charge is 0.317 e. The van der Waals surface area contributed by atoms with Crippen molar-refractivity contribution in [1.29, 1.82) is 0 Å². The van der Waals surface area contributed by atoms with E-state index >= 15 is 0 Å². The Morgan fingerprint density at radius 1 is 1.17 bits per heavy atom. The van der Waals surface area contributed by atoms with Crippen molar-refractivity contribution in [2.24, 2.45) is 0 Å². The number of halogens is 2. The van der Waals surface area contributed by atoms with Gasteiger partial charge in [0, 0.05) is 23.1 Å². The van der Waals surface area contributed by atoms with E-state index in [0.29, 0.717) is 36.3 Å². The fourth-order valence-corrected chi connectivity index (χ4v) is 2.99. The third-order valence-electron chi connectivity index (χ3n) is 3.93. The molecule has 2 aromatic rings. The Labute approximate surface area is 151 Å². The summed E-state index contributed by atoms with van der Waals surface area (Å²) in [5.41, 5.74) is 1.99. The lowest BCUT2D eigenvalue weighted by molar-refractivity contribution is -0.0154. The second-order valence-electron chi connectivity index (χ2n) is 5.65. The van der Waals surface area contributed by atoms with Crippen LogP contribution in [-0.4, -0.2) is 30.6 Å². The Morgan fingerprint density at radius 2 is 1.96 bits per heavy atom. The molecule has 1 fully saturated rings. The number of amides is 2. The van der Waals surface area contributed by atoms with Gasteiger partial charge in [-0.15, -0.1) is 0 Å². The van der Waals surface area contributed by atoms with Crippen LogP contribution in [0.25, 0.3) is 0 Å². The van der Waals surface area contributed by atoms with Crippen molar-refractivity contribution in [3.05, 3.63) is 69.7 Å². The second kappa shape index (κ2) is 7.88. The summed E-state index contributed by atoms with van der Waals surface area (Å²) < 4.78 is 5.78. The molecule has 1 aliphatic rings. The van der Waals surface area contributed by atoms with Crippen LogP contribution in [0.1, 0.15) is 17.2 Å². The van der Waals surface area contributed by atoms with Crippen LogP contribution in [0.4, 0.5) is 4.79 Å². The molecule has 126 valence electrons. The van der Waals surface area contributed by atoms with Gasteiger partial charge >= 0.3 is 6.03 Å². The van der Waals surface area contributed by atoms with Crippen LogP contribution in [-0.2, 0) is 11.3 Å². The lowest BCUT2D eigenvalue weighted by Crippen LogP contribution is -2.46. The maximum absolute atomic E-state index is 12.4. The monoisotopic (exact) mass is 364 g/mol. The molecule has 0 aliphatic carbocycles. The molecule has 0 aromatic heterocycles. The van der Waals surface area contributed by atoms with Crippen molar-refractivity contribution in [2.75, 3.05) is 19.7 Å². The molecule has 4 nitrogen and oxygen atoms in total. The number of morpholine rings is 1. The third-order valence-corrected chi connectivity index (χ3v) is 4.42. The zero-order valence-corrected chi connectivity index (χ0v) is 14.6. The molecule has 0 bridgehead atoms. The molecule has 3 rings (SSSR count). The minimum Gasteiger partial charge on any atom is -0.370 e. The van der Waals surface area contributed by atoms with Crippen LogP contribution in [0.3, 0.4) is 0 Å². The molecule has 1 atom stereocenters. The average Bonchev–Trinajstić information content (AvgIpc) is 2.60. The van der Waals surface area contributed by atoms with Crippen LogP contribution >= 0.6 is 23.2 Å². The number of urea groups is 1. The van der Waals surface area contributed by atoms with Crippen LogP contribution in [0.15, 0.2) is 48.5 Å². The highest BCUT2D eigenvalue weighted by atomic mass is 35.5. The molecule has 24 heavy (non-hydrogen) atoms. The van der Waals surface area contributed by atoms with Crippen LogP contribution in [0.2, 0.25) is 10.0 Å². The van der Waals surface area contributed by atoms with Crippen LogP contribution < -0.4 is 5.32 Å². The Bertz CT molecular complexity index is 706. The summed E-state index contributed by atoms with van der Waals surface area (Å²) in [5.74, 6) is 0. The Balaban J connectivity index is 1.57. The highest BCUT2D eigenvalue weighted by Crippen LogP contribution is 2.23. The molecule has 1 saturated heterocycles. The van der Waals surface area contributed by atoms with Gasteiger partial charge < -0.3 is 15.0 Å². The van der Waals surface area contributed by atoms with Crippen LogP contribution in [0.5, 0.6) is 0 Å². The largest absolute Gasteiger partial charge is 0.370 e. The normalized spacial score (nSPS) is 17.6. The maximum Gasteiger partial charge on any atom is 0.317 e. The first-order valence-electron chi connectivity index (χ1n) is 7.76. The Morgan fingerprint density at radius 3 is 2.71 bits per heavy atom. The number of hydrogen-bond donors (Lipinski definition) is 1. The van der Waals surface area contributed by atoms with Crippen molar-refractivity contribution in [3.8, 4) is 0 Å². The fraction of sp³-hybridized carbons (Fsp3) is 0.278. The van der Waals surface area contributed by atoms with Crippen molar-refractivity contribution < 1.29 is 9.53 Å². The summed E-state index contributed by atoms with van der Waals surface area (Å²) in [4.78, 5) is 14.2. The Kier molecular flexibility index (Phi) is 5.61. The lowest BCUT2D eigenvalue weighted by Gasteiger charge is -2.33. The van der Waals surface area contributed by atoms with Crippen molar-refractivity contribution in [1.82, 2.24) is 10.2 Å². The summed E-state index contributed by atoms with van der Waals surface area (Å²) in [6.45, 7) is 2.05. The summed E-state index contributed by atoms with van der Waals surface area (Å²) in [5, 5.41) is 4.28. The topological polar surface area (TPSA) is 41.6 Å². The quantitative estimate of drug-likeness (QED) is 0.882. The molecule has 0 saturated carbocycles. The molecular formula is C18H18Cl2N2O2. The first kappa shape index (κ1) is 17.1. The SMILES string of the molecule is O=C(NCc1cccc(Cl)c1)N1CCOC(c2ccc(Cl)cc2)C1. The number of carbonyl (C=O) groups is 1. The minimum absolute atomic E-state index is 0.0998. The summed E-state index contributed by atoms with van der Waals surface area (Å²) in [7, 11) is 0. The second-order valence-corrected chi connectivity index (χ2v) is 6.52. The van der Waals surface area contributed by atoms with Gasteiger partial charge in [-0.25, -0.2) is 4.79 Å². The van der Waals surface area contributed by atoms with E-state index in [2.05, 4.69) is 5.32 Å². The van der Waals surface area contributed by atoms with Crippen molar-refractivity contribution in [3.63, 3.8) is 0 Å². The summed E-state index contributed by atoms with van der Waals surface area (Å²) in [6.07, 6.45) is -0.132. The molecule has 2 amide bonds. The maximum atomic E-state index is 12.4. The molecule has 1 heterocycles. The lowest BCUT2D eigenvalue weighted by atomic mass is 10.1. The number of hydrogen-bond acceptors (Lipinski definition) is 2. The molecule has 1 unspecified atom stereocenters. The Hall–Kier alpha value is -1.75. The number of carbonyl (C=O) groups excluding carboxylic acids is 1. The van der Waals surface area contributed by atoms with Gasteiger partial charge in [-0.3, -0.25) is 0 Å². The van der Waals surface area contributed by atoms with Gasteiger partial charge in [0.1, 0.15) is 6.10 Å². The molecule has 1 N–H and O–H groups in total. The van der Waals surface area contributed by atoms with E-state index in [1.54, 1.807) is 4.90 Å². The standard InChI is InChI=1S/C18H18Cl2N2O2/c19-15-6-4-14(5-7-15)17-12-22(8-9-24-17)18(23)21-11-13-2-1-3-16(20)10-13/h1-7,10,17H,8-9,11-12H2,(H,21,23). The molecule has 1 aliphatic heterocycles. The first-order valence-corrected chi connectivity index (χ1v) is 8.52. The van der Waals surface area contributed by atoms with Crippen molar-refractivity contribution >= 4 is 29.2 Å². The molecule has 6 heteroatoms. The van der Waals surface area contributed by atoms with E-state index in [9.17, 15) is 4.79 Å². The van der Waals surface area contributed by atoms with E-state index < -0.39 is 0 Å². The number of benzene rings is 2. The van der Waals surface area contributed by atoms with E-state index in [1.807, 2.05) is 48.5 Å². The third kappa shape index (κ3) is 4.41. The molecule has 0 spiro atoms. The molecular weight excluding hydrogens is 347 g/mol. The van der Waals surface area contributed by atoms with E-state index in [4.69, 9.17) is 27.9 Å². The van der Waals surface area contributed by atoms with E-state index in [1.165, 1.54) is 0 Å². The van der Waals surface area contributed by atoms with Gasteiger partial charge in [0.2, 0.25) is 0 Å². The van der Waals surface area contributed by atoms with E-state index in [-0.39, 0.29) is 12.1 Å². The number of rotatable bonds is 3. The highest BCUT2D eigenvalue weighted by Gasteiger charge is 2.25. The van der Waals surface area contributed by atoms with Gasteiger partial charge in [-0.2, -0.15) is 0 Å². The predicted molar refractivity (Wildman–Crippen MR) is 95.4 cm³/mol. The zero-order chi connectivity index (χ0) is 16.9. The number of nitrogens with zero attached hydrogens (tertiary/aromatic N) is 1. The minimum atomic E-state index is -0.132. The first-order chi connectivity index (χ1) is 11.6. The highest BCUT2D eigenvalue weighted by molar-refractivity contribution is 6.30. The number of ether oxygens (including phenoxy) is 1. The van der Waals surface area contributed by atoms with Gasteiger partial charge in [-0.05, 0) is 35.4 Å². The van der Waals surface area contributed by atoms with Gasteiger partial charge in [0.25, 0.3) is 0 Å². The average molecular weight is 365 g/mol. The van der Waals surface area contributed by atoms with Gasteiger partial charge in [0.15, 0.2) is 0 Å². The van der Waals surface area contributed by atoms with Crippen LogP contribution in [0, 0.1) is 0 Å². The molecule has 2 aromatic carbocycles. The number of nitrogens with one attached hydrogen (secondary N) is 1. The zero-order valence-electron chi connectivity index (χ0n) is 13.0. The predicted octanol–water partition coefficient (Wildman–Crippen LogP) is 4.28. The van der Waals surface area contributed by atoms with Gasteiger partial charge in [0.05, 0.1) is 13.2 Å². The van der Waals surface area contributed by atoms with Gasteiger partial charge in [-0.1, -0.05) is 47.5 Å². The summed E-state index contributed by atoms with van der Waals surface area (Å²) >= 11 is 11.9.